The van der Waals surface area contributed by atoms with Crippen molar-refractivity contribution in [3.63, 3.8) is 0 Å². The van der Waals surface area contributed by atoms with Crippen LogP contribution in [-0.4, -0.2) is 48.8 Å². The quantitative estimate of drug-likeness (QED) is 0.308. The second-order valence-corrected chi connectivity index (χ2v) is 10.5. The van der Waals surface area contributed by atoms with Gasteiger partial charge in [-0.3, -0.25) is 4.79 Å². The zero-order valence-corrected chi connectivity index (χ0v) is 22.6. The molecule has 3 aromatic carbocycles. The van der Waals surface area contributed by atoms with E-state index >= 15 is 0 Å². The van der Waals surface area contributed by atoms with E-state index in [-0.39, 0.29) is 37.3 Å². The van der Waals surface area contributed by atoms with Crippen molar-refractivity contribution >= 4 is 23.3 Å². The van der Waals surface area contributed by atoms with Crippen LogP contribution < -0.4 is 30.2 Å². The number of anilines is 2. The molecule has 1 fully saturated rings. The van der Waals surface area contributed by atoms with Crippen LogP contribution in [0.4, 0.5) is 29.3 Å². The van der Waals surface area contributed by atoms with Crippen LogP contribution in [0.5, 0.6) is 17.2 Å². The second kappa shape index (κ2) is 11.7. The molecule has 3 aliphatic heterocycles. The summed E-state index contributed by atoms with van der Waals surface area (Å²) in [5.41, 5.74) is 1.48. The smallest absolute Gasteiger partial charge is 0.416 e. The predicted octanol–water partition coefficient (Wildman–Crippen LogP) is 4.78. The lowest BCUT2D eigenvalue weighted by Gasteiger charge is -2.37. The molecule has 4 N–H and O–H groups in total. The normalized spacial score (nSPS) is 21.8. The Labute approximate surface area is 244 Å². The zero-order chi connectivity index (χ0) is 30.1. The number of hydrogen-bond donors (Lipinski definition) is 4. The highest BCUT2D eigenvalue weighted by Crippen LogP contribution is 2.47. The third-order valence-electron chi connectivity index (χ3n) is 7.57. The summed E-state index contributed by atoms with van der Waals surface area (Å²) in [7, 11) is 0. The van der Waals surface area contributed by atoms with E-state index in [1.54, 1.807) is 24.3 Å². The lowest BCUT2D eigenvalue weighted by atomic mass is 9.84. The Morgan fingerprint density at radius 2 is 1.63 bits per heavy atom. The number of amides is 3. The summed E-state index contributed by atoms with van der Waals surface area (Å²) in [6.07, 6.45) is -5.55. The van der Waals surface area contributed by atoms with Gasteiger partial charge in [0.2, 0.25) is 12.7 Å². The molecule has 3 amide bonds. The molecule has 3 aliphatic rings. The van der Waals surface area contributed by atoms with Gasteiger partial charge in [-0.2, -0.15) is 13.2 Å². The Bertz CT molecular complexity index is 1520. The summed E-state index contributed by atoms with van der Waals surface area (Å²) < 4.78 is 61.2. The molecule has 3 aromatic rings. The molecule has 13 heteroatoms. The number of halogens is 3. The maximum Gasteiger partial charge on any atom is 0.416 e. The Kier molecular flexibility index (Phi) is 7.75. The van der Waals surface area contributed by atoms with Crippen LogP contribution >= 0.6 is 0 Å². The van der Waals surface area contributed by atoms with Crippen LogP contribution in [-0.2, 0) is 22.3 Å². The first-order chi connectivity index (χ1) is 20.7. The first kappa shape index (κ1) is 28.6. The van der Waals surface area contributed by atoms with Crippen molar-refractivity contribution in [2.75, 3.05) is 24.0 Å². The number of carbonyl (C=O) groups excluding carboxylic acids is 2. The van der Waals surface area contributed by atoms with E-state index in [4.69, 9.17) is 18.9 Å². The summed E-state index contributed by atoms with van der Waals surface area (Å²) in [5, 5.41) is 18.1. The number of aliphatic hydroxyl groups excluding tert-OH is 1. The minimum absolute atomic E-state index is 0.0765. The topological polar surface area (TPSA) is 127 Å². The van der Waals surface area contributed by atoms with Crippen molar-refractivity contribution < 1.29 is 46.8 Å². The van der Waals surface area contributed by atoms with Gasteiger partial charge in [-0.05, 0) is 66.6 Å². The first-order valence-electron chi connectivity index (χ1n) is 13.6. The van der Waals surface area contributed by atoms with Crippen LogP contribution in [0.15, 0.2) is 60.7 Å². The van der Waals surface area contributed by atoms with Gasteiger partial charge >= 0.3 is 12.2 Å². The summed E-state index contributed by atoms with van der Waals surface area (Å²) >= 11 is 0. The predicted molar refractivity (Wildman–Crippen MR) is 147 cm³/mol. The van der Waals surface area contributed by atoms with Crippen molar-refractivity contribution in [1.29, 1.82) is 0 Å². The van der Waals surface area contributed by atoms with Crippen LogP contribution in [0, 0.1) is 0 Å². The van der Waals surface area contributed by atoms with E-state index < -0.39 is 36.1 Å². The van der Waals surface area contributed by atoms with Crippen molar-refractivity contribution in [3.05, 3.63) is 77.4 Å². The van der Waals surface area contributed by atoms with Gasteiger partial charge in [0.15, 0.2) is 11.5 Å². The Hall–Kier alpha value is -4.49. The van der Waals surface area contributed by atoms with E-state index in [0.717, 1.165) is 23.3 Å². The van der Waals surface area contributed by atoms with Gasteiger partial charge in [0.25, 0.3) is 0 Å². The summed E-state index contributed by atoms with van der Waals surface area (Å²) in [4.78, 5) is 25.3. The van der Waals surface area contributed by atoms with E-state index in [2.05, 4.69) is 16.0 Å². The standard InChI is InChI=1S/C30H28F3N3O7/c31-30(32,33)17-2-4-18(5-3-17)35-29(39)36-19-6-8-23-21(10-19)22-11-20(42-26(14-37)28(22)43-23)12-27(38)34-13-16-1-7-24-25(9-16)41-15-40-24/h1-10,20,22,26,28,37H,11-15H2,(H,34,38)(H2,35,36,39)/t20-,22-,26+,28+/m0/s1. The molecule has 0 unspecified atom stereocenters. The number of alkyl halides is 3. The van der Waals surface area contributed by atoms with Gasteiger partial charge < -0.3 is 40.0 Å². The highest BCUT2D eigenvalue weighted by atomic mass is 19.4. The fourth-order valence-corrected chi connectivity index (χ4v) is 5.53. The number of hydrogen-bond acceptors (Lipinski definition) is 7. The molecular formula is C30H28F3N3O7. The lowest BCUT2D eigenvalue weighted by Crippen LogP contribution is -2.47. The third-order valence-corrected chi connectivity index (χ3v) is 7.57. The Morgan fingerprint density at radius 3 is 2.40 bits per heavy atom. The molecule has 0 saturated carbocycles. The van der Waals surface area contributed by atoms with E-state index in [1.165, 1.54) is 12.1 Å². The van der Waals surface area contributed by atoms with Gasteiger partial charge in [-0.1, -0.05) is 6.07 Å². The van der Waals surface area contributed by atoms with Crippen molar-refractivity contribution in [1.82, 2.24) is 5.32 Å². The van der Waals surface area contributed by atoms with Crippen LogP contribution in [0.3, 0.4) is 0 Å². The molecule has 0 aromatic heterocycles. The third kappa shape index (κ3) is 6.32. The Balaban J connectivity index is 1.07. The molecule has 0 bridgehead atoms. The number of benzene rings is 3. The minimum atomic E-state index is -4.47. The number of rotatable bonds is 7. The fourth-order valence-electron chi connectivity index (χ4n) is 5.53. The average molecular weight is 600 g/mol. The number of fused-ring (bicyclic) bond motifs is 4. The number of ether oxygens (including phenoxy) is 4. The zero-order valence-electron chi connectivity index (χ0n) is 22.6. The van der Waals surface area contributed by atoms with Crippen molar-refractivity contribution in [2.24, 2.45) is 0 Å². The van der Waals surface area contributed by atoms with Gasteiger partial charge in [-0.15, -0.1) is 0 Å². The molecule has 6 rings (SSSR count). The highest BCUT2D eigenvalue weighted by Gasteiger charge is 2.46. The Morgan fingerprint density at radius 1 is 0.907 bits per heavy atom. The summed E-state index contributed by atoms with van der Waals surface area (Å²) in [5.74, 6) is 1.45. The first-order valence-corrected chi connectivity index (χ1v) is 13.6. The number of carbonyl (C=O) groups is 2. The fraction of sp³-hybridized carbons (Fsp3) is 0.333. The molecule has 10 nitrogen and oxygen atoms in total. The van der Waals surface area contributed by atoms with Gasteiger partial charge in [0, 0.05) is 29.4 Å². The van der Waals surface area contributed by atoms with Crippen LogP contribution in [0.2, 0.25) is 0 Å². The molecule has 1 saturated heterocycles. The summed E-state index contributed by atoms with van der Waals surface area (Å²) in [6.45, 7) is 0.164. The number of urea groups is 1. The maximum absolute atomic E-state index is 12.8. The molecule has 0 aliphatic carbocycles. The van der Waals surface area contributed by atoms with E-state index in [9.17, 15) is 27.9 Å². The average Bonchev–Trinajstić information content (AvgIpc) is 3.59. The van der Waals surface area contributed by atoms with Crippen LogP contribution in [0.25, 0.3) is 0 Å². The maximum atomic E-state index is 12.8. The second-order valence-electron chi connectivity index (χ2n) is 10.5. The van der Waals surface area contributed by atoms with Gasteiger partial charge in [-0.25, -0.2) is 4.79 Å². The monoisotopic (exact) mass is 599 g/mol. The molecule has 43 heavy (non-hydrogen) atoms. The SMILES string of the molecule is O=C(C[C@@H]1C[C@H]2c3cc(NC(=O)Nc4ccc(C(F)(F)F)cc4)ccc3O[C@H]2[C@@H](CO)O1)NCc1ccc2c(c1)OCO2. The molecular weight excluding hydrogens is 571 g/mol. The van der Waals surface area contributed by atoms with E-state index in [1.807, 2.05) is 12.1 Å². The molecule has 0 radical (unpaired) electrons. The highest BCUT2D eigenvalue weighted by molar-refractivity contribution is 5.99. The van der Waals surface area contributed by atoms with E-state index in [0.29, 0.717) is 35.9 Å². The lowest BCUT2D eigenvalue weighted by molar-refractivity contribution is -0.142. The minimum Gasteiger partial charge on any atom is -0.487 e. The largest absolute Gasteiger partial charge is 0.487 e. The number of nitrogens with one attached hydrogen (secondary N) is 3. The van der Waals surface area contributed by atoms with Crippen LogP contribution in [0.1, 0.15) is 35.4 Å². The molecule has 3 heterocycles. The molecule has 226 valence electrons. The molecule has 4 atom stereocenters. The van der Waals surface area contributed by atoms with Crippen molar-refractivity contribution in [3.8, 4) is 17.2 Å². The van der Waals surface area contributed by atoms with Crippen molar-refractivity contribution in [2.45, 2.75) is 49.8 Å². The number of aliphatic hydroxyl groups is 1. The van der Waals surface area contributed by atoms with Gasteiger partial charge in [0.05, 0.1) is 24.7 Å². The summed E-state index contributed by atoms with van der Waals surface area (Å²) in [6, 6.07) is 14.0. The molecule has 0 spiro atoms. The van der Waals surface area contributed by atoms with Gasteiger partial charge in [0.1, 0.15) is 18.0 Å².